The van der Waals surface area contributed by atoms with Crippen molar-refractivity contribution in [1.29, 1.82) is 0 Å². The number of hydrogen-bond donors (Lipinski definition) is 1. The molecular formula is C18H20N4O2. The van der Waals surface area contributed by atoms with Crippen LogP contribution < -0.4 is 15.0 Å². The van der Waals surface area contributed by atoms with Gasteiger partial charge in [-0.25, -0.2) is 9.97 Å². The largest absolute Gasteiger partial charge is 0.496 e. The fourth-order valence-corrected chi connectivity index (χ4v) is 3.56. The van der Waals surface area contributed by atoms with Gasteiger partial charge in [0, 0.05) is 30.9 Å². The van der Waals surface area contributed by atoms with E-state index < -0.39 is 0 Å². The number of benzene rings is 1. The van der Waals surface area contributed by atoms with Crippen molar-refractivity contribution in [1.82, 2.24) is 15.3 Å². The van der Waals surface area contributed by atoms with Crippen molar-refractivity contribution < 1.29 is 9.53 Å². The Labute approximate surface area is 140 Å². The molecule has 1 aromatic heterocycles. The van der Waals surface area contributed by atoms with Crippen LogP contribution in [0.4, 0.5) is 5.95 Å². The molecule has 124 valence electrons. The molecule has 1 amide bonds. The molecule has 1 fully saturated rings. The van der Waals surface area contributed by atoms with Crippen LogP contribution in [-0.4, -0.2) is 35.6 Å². The molecule has 0 aliphatic carbocycles. The van der Waals surface area contributed by atoms with E-state index in [9.17, 15) is 4.79 Å². The molecule has 1 N–H and O–H groups in total. The van der Waals surface area contributed by atoms with Crippen LogP contribution >= 0.6 is 0 Å². The van der Waals surface area contributed by atoms with Crippen molar-refractivity contribution in [2.75, 3.05) is 18.6 Å². The fourth-order valence-electron chi connectivity index (χ4n) is 3.56. The molecular weight excluding hydrogens is 304 g/mol. The summed E-state index contributed by atoms with van der Waals surface area (Å²) in [5, 5.41) is 2.79. The van der Waals surface area contributed by atoms with Gasteiger partial charge in [-0.15, -0.1) is 0 Å². The summed E-state index contributed by atoms with van der Waals surface area (Å²) in [4.78, 5) is 23.1. The third-order valence-corrected chi connectivity index (χ3v) is 4.79. The van der Waals surface area contributed by atoms with E-state index in [4.69, 9.17) is 4.74 Å². The molecule has 3 heterocycles. The summed E-state index contributed by atoms with van der Waals surface area (Å²) < 4.78 is 5.47. The molecule has 0 saturated carbocycles. The third kappa shape index (κ3) is 2.58. The number of anilines is 1. The Morgan fingerprint density at radius 3 is 3.12 bits per heavy atom. The first-order valence-corrected chi connectivity index (χ1v) is 8.29. The summed E-state index contributed by atoms with van der Waals surface area (Å²) in [6.07, 6.45) is 4.85. The summed E-state index contributed by atoms with van der Waals surface area (Å²) in [6, 6.07) is 8.44. The average molecular weight is 324 g/mol. The highest BCUT2D eigenvalue weighted by atomic mass is 16.5. The molecule has 1 saturated heterocycles. The maximum absolute atomic E-state index is 11.9. The summed E-state index contributed by atoms with van der Waals surface area (Å²) in [5.41, 5.74) is 2.59. The second kappa shape index (κ2) is 6.11. The molecule has 2 aromatic rings. The van der Waals surface area contributed by atoms with Gasteiger partial charge in [-0.2, -0.15) is 0 Å². The Balaban J connectivity index is 1.59. The zero-order chi connectivity index (χ0) is 16.5. The molecule has 1 unspecified atom stereocenters. The monoisotopic (exact) mass is 324 g/mol. The second-order valence-electron chi connectivity index (χ2n) is 6.23. The average Bonchev–Trinajstić information content (AvgIpc) is 3.22. The molecule has 2 aliphatic heterocycles. The van der Waals surface area contributed by atoms with Crippen molar-refractivity contribution in [2.24, 2.45) is 0 Å². The van der Waals surface area contributed by atoms with E-state index >= 15 is 0 Å². The minimum Gasteiger partial charge on any atom is -0.496 e. The first-order valence-electron chi connectivity index (χ1n) is 8.29. The van der Waals surface area contributed by atoms with Gasteiger partial charge >= 0.3 is 0 Å². The minimum atomic E-state index is -0.103. The van der Waals surface area contributed by atoms with E-state index in [0.717, 1.165) is 37.1 Å². The lowest BCUT2D eigenvalue weighted by Crippen LogP contribution is -2.33. The van der Waals surface area contributed by atoms with E-state index in [1.54, 1.807) is 13.3 Å². The Bertz CT molecular complexity index is 777. The lowest BCUT2D eigenvalue weighted by Gasteiger charge is -2.25. The third-order valence-electron chi connectivity index (χ3n) is 4.79. The number of aromatic nitrogens is 2. The standard InChI is InChI=1S/C18H20N4O2/c1-24-15-7-3-2-5-12(15)9-14-6-4-8-22(14)18-20-11-13-10-19-17(23)16(13)21-18/h2-3,5,7,11,14H,4,6,8-10H2,1H3,(H,19,23). The van der Waals surface area contributed by atoms with E-state index in [-0.39, 0.29) is 5.91 Å². The topological polar surface area (TPSA) is 67.3 Å². The molecule has 2 aliphatic rings. The molecule has 0 bridgehead atoms. The number of rotatable bonds is 4. The number of methoxy groups -OCH3 is 1. The van der Waals surface area contributed by atoms with E-state index in [2.05, 4.69) is 26.3 Å². The highest BCUT2D eigenvalue weighted by Gasteiger charge is 2.30. The predicted molar refractivity (Wildman–Crippen MR) is 90.3 cm³/mol. The molecule has 0 radical (unpaired) electrons. The smallest absolute Gasteiger partial charge is 0.270 e. The fraction of sp³-hybridized carbons (Fsp3) is 0.389. The zero-order valence-corrected chi connectivity index (χ0v) is 13.7. The van der Waals surface area contributed by atoms with Gasteiger partial charge in [0.15, 0.2) is 0 Å². The Morgan fingerprint density at radius 1 is 1.38 bits per heavy atom. The van der Waals surface area contributed by atoms with E-state index in [1.807, 2.05) is 18.2 Å². The molecule has 1 atom stereocenters. The van der Waals surface area contributed by atoms with Crippen LogP contribution in [-0.2, 0) is 13.0 Å². The number of amides is 1. The van der Waals surface area contributed by atoms with Gasteiger partial charge in [-0.05, 0) is 30.9 Å². The van der Waals surface area contributed by atoms with Crippen molar-refractivity contribution >= 4 is 11.9 Å². The van der Waals surface area contributed by atoms with Gasteiger partial charge in [-0.3, -0.25) is 4.79 Å². The van der Waals surface area contributed by atoms with Crippen LogP contribution in [0.25, 0.3) is 0 Å². The maximum Gasteiger partial charge on any atom is 0.270 e. The van der Waals surface area contributed by atoms with Crippen LogP contribution in [0.15, 0.2) is 30.5 Å². The maximum atomic E-state index is 11.9. The van der Waals surface area contributed by atoms with Gasteiger partial charge in [0.2, 0.25) is 5.95 Å². The first-order chi connectivity index (χ1) is 11.8. The predicted octanol–water partition coefficient (Wildman–Crippen LogP) is 1.94. The number of para-hydroxylation sites is 1. The molecule has 6 nitrogen and oxygen atoms in total. The first kappa shape index (κ1) is 14.9. The number of nitrogens with one attached hydrogen (secondary N) is 1. The number of carbonyl (C=O) groups excluding carboxylic acids is 1. The number of hydrogen-bond acceptors (Lipinski definition) is 5. The van der Waals surface area contributed by atoms with Crippen LogP contribution in [0.5, 0.6) is 5.75 Å². The minimum absolute atomic E-state index is 0.103. The van der Waals surface area contributed by atoms with Crippen molar-refractivity contribution in [3.8, 4) is 5.75 Å². The second-order valence-corrected chi connectivity index (χ2v) is 6.23. The molecule has 4 rings (SSSR count). The van der Waals surface area contributed by atoms with Gasteiger partial charge in [0.25, 0.3) is 5.91 Å². The summed E-state index contributed by atoms with van der Waals surface area (Å²) >= 11 is 0. The van der Waals surface area contributed by atoms with Crippen molar-refractivity contribution in [3.05, 3.63) is 47.3 Å². The lowest BCUT2D eigenvalue weighted by atomic mass is 10.0. The molecule has 6 heteroatoms. The van der Waals surface area contributed by atoms with Gasteiger partial charge in [-0.1, -0.05) is 18.2 Å². The lowest BCUT2D eigenvalue weighted by molar-refractivity contribution is 0.0961. The molecule has 1 aromatic carbocycles. The van der Waals surface area contributed by atoms with Crippen molar-refractivity contribution in [2.45, 2.75) is 31.8 Å². The summed E-state index contributed by atoms with van der Waals surface area (Å²) in [6.45, 7) is 1.44. The summed E-state index contributed by atoms with van der Waals surface area (Å²) in [7, 11) is 1.70. The highest BCUT2D eigenvalue weighted by Crippen LogP contribution is 2.29. The Hall–Kier alpha value is -2.63. The Kier molecular flexibility index (Phi) is 3.80. The summed E-state index contributed by atoms with van der Waals surface area (Å²) in [5.74, 6) is 1.47. The van der Waals surface area contributed by atoms with Crippen LogP contribution in [0.1, 0.15) is 34.5 Å². The zero-order valence-electron chi connectivity index (χ0n) is 13.7. The number of fused-ring (bicyclic) bond motifs is 1. The van der Waals surface area contributed by atoms with Gasteiger partial charge in [0.05, 0.1) is 7.11 Å². The normalized spacial score (nSPS) is 19.3. The SMILES string of the molecule is COc1ccccc1CC1CCCN1c1ncc2c(n1)C(=O)NC2. The quantitative estimate of drug-likeness (QED) is 0.931. The van der Waals surface area contributed by atoms with Crippen LogP contribution in [0.3, 0.4) is 0 Å². The van der Waals surface area contributed by atoms with Crippen molar-refractivity contribution in [3.63, 3.8) is 0 Å². The van der Waals surface area contributed by atoms with Crippen LogP contribution in [0.2, 0.25) is 0 Å². The molecule has 0 spiro atoms. The number of ether oxygens (including phenoxy) is 1. The number of carbonyl (C=O) groups is 1. The van der Waals surface area contributed by atoms with Crippen LogP contribution in [0, 0.1) is 0 Å². The van der Waals surface area contributed by atoms with Gasteiger partial charge < -0.3 is 15.0 Å². The molecule has 24 heavy (non-hydrogen) atoms. The van der Waals surface area contributed by atoms with Gasteiger partial charge in [0.1, 0.15) is 11.4 Å². The highest BCUT2D eigenvalue weighted by molar-refractivity contribution is 5.96. The van der Waals surface area contributed by atoms with E-state index in [0.29, 0.717) is 24.2 Å². The van der Waals surface area contributed by atoms with E-state index in [1.165, 1.54) is 5.56 Å². The Morgan fingerprint density at radius 2 is 2.25 bits per heavy atom. The number of nitrogens with zero attached hydrogens (tertiary/aromatic N) is 3.